The number of hydrogen-bond acceptors (Lipinski definition) is 5. The van der Waals surface area contributed by atoms with Gasteiger partial charge in [0.05, 0.1) is 15.6 Å². The maximum absolute atomic E-state index is 12.7. The van der Waals surface area contributed by atoms with Crippen LogP contribution in [0, 0.1) is 0 Å². The predicted molar refractivity (Wildman–Crippen MR) is 98.4 cm³/mol. The number of benzene rings is 2. The second kappa shape index (κ2) is 7.49. The highest BCUT2D eigenvalue weighted by atomic mass is 35.5. The van der Waals surface area contributed by atoms with Crippen LogP contribution in [0.5, 0.6) is 0 Å². The van der Waals surface area contributed by atoms with Crippen molar-refractivity contribution in [2.75, 3.05) is 15.8 Å². The van der Waals surface area contributed by atoms with Crippen LogP contribution >= 0.6 is 11.6 Å². The lowest BCUT2D eigenvalue weighted by Gasteiger charge is -2.25. The number of halogens is 4. The molecule has 1 amide bonds. The molecule has 2 aromatic carbocycles. The lowest BCUT2D eigenvalue weighted by Crippen LogP contribution is -2.52. The van der Waals surface area contributed by atoms with E-state index in [0.717, 1.165) is 18.2 Å². The molecule has 0 aromatic heterocycles. The second-order valence-corrected chi connectivity index (χ2v) is 7.98. The number of alkyl halides is 3. The van der Waals surface area contributed by atoms with E-state index in [4.69, 9.17) is 17.3 Å². The third-order valence-electron chi connectivity index (χ3n) is 3.66. The molecule has 12 heteroatoms. The highest BCUT2D eigenvalue weighted by molar-refractivity contribution is 7.92. The van der Waals surface area contributed by atoms with Crippen molar-refractivity contribution < 1.29 is 31.5 Å². The molecular formula is C16H15ClF3N3O4S. The Morgan fingerprint density at radius 2 is 1.71 bits per heavy atom. The molecule has 0 aliphatic rings. The Morgan fingerprint density at radius 1 is 1.14 bits per heavy atom. The lowest BCUT2D eigenvalue weighted by molar-refractivity contribution is -0.242. The van der Waals surface area contributed by atoms with Gasteiger partial charge in [-0.3, -0.25) is 9.52 Å². The molecule has 0 aliphatic heterocycles. The zero-order valence-corrected chi connectivity index (χ0v) is 15.8. The summed E-state index contributed by atoms with van der Waals surface area (Å²) in [5, 5.41) is 10.8. The summed E-state index contributed by atoms with van der Waals surface area (Å²) in [6.07, 6.45) is -5.21. The average Bonchev–Trinajstić information content (AvgIpc) is 2.57. The zero-order valence-electron chi connectivity index (χ0n) is 14.2. The van der Waals surface area contributed by atoms with Gasteiger partial charge in [0.2, 0.25) is 5.60 Å². The number of nitrogens with one attached hydrogen (secondary N) is 2. The molecule has 0 aliphatic carbocycles. The van der Waals surface area contributed by atoms with Crippen LogP contribution < -0.4 is 15.8 Å². The van der Waals surface area contributed by atoms with E-state index in [1.807, 2.05) is 5.32 Å². The number of carbonyl (C=O) groups excluding carboxylic acids is 1. The summed E-state index contributed by atoms with van der Waals surface area (Å²) in [7, 11) is -4.06. The molecular weight excluding hydrogens is 423 g/mol. The summed E-state index contributed by atoms with van der Waals surface area (Å²) in [5.74, 6) is -1.77. The quantitative estimate of drug-likeness (QED) is 0.536. The van der Waals surface area contributed by atoms with Crippen molar-refractivity contribution in [3.05, 3.63) is 47.5 Å². The number of hydrogen-bond donors (Lipinski definition) is 4. The van der Waals surface area contributed by atoms with E-state index >= 15 is 0 Å². The molecule has 0 radical (unpaired) electrons. The number of amides is 1. The topological polar surface area (TPSA) is 122 Å². The largest absolute Gasteiger partial charge is 0.426 e. The summed E-state index contributed by atoms with van der Waals surface area (Å²) in [4.78, 5) is 11.4. The first kappa shape index (κ1) is 21.8. The third-order valence-corrected chi connectivity index (χ3v) is 5.35. The van der Waals surface area contributed by atoms with Crippen LogP contribution in [-0.4, -0.2) is 31.2 Å². The Kier molecular flexibility index (Phi) is 5.83. The van der Waals surface area contributed by atoms with Crippen molar-refractivity contribution in [2.24, 2.45) is 0 Å². The van der Waals surface area contributed by atoms with Gasteiger partial charge in [0.1, 0.15) is 0 Å². The van der Waals surface area contributed by atoms with E-state index in [1.165, 1.54) is 24.3 Å². The smallest absolute Gasteiger partial charge is 0.399 e. The van der Waals surface area contributed by atoms with Gasteiger partial charge in [-0.25, -0.2) is 8.42 Å². The van der Waals surface area contributed by atoms with Crippen molar-refractivity contribution >= 4 is 44.6 Å². The number of nitrogen functional groups attached to an aromatic ring is 1. The molecule has 1 atom stereocenters. The minimum Gasteiger partial charge on any atom is -0.399 e. The molecule has 2 rings (SSSR count). The van der Waals surface area contributed by atoms with E-state index in [-0.39, 0.29) is 28.2 Å². The molecule has 7 nitrogen and oxygen atoms in total. The standard InChI is InChI=1S/C16H15ClF3N3O4S/c1-15(25,16(18,19)20)14(24)22-13-7-6-11(8-12(13)17)28(26,27)23-10-4-2-9(21)3-5-10/h2-8,23,25H,21H2,1H3,(H,22,24). The molecule has 0 saturated carbocycles. The Balaban J connectivity index is 2.24. The van der Waals surface area contributed by atoms with Crippen LogP contribution in [0.25, 0.3) is 0 Å². The first-order valence-electron chi connectivity index (χ1n) is 7.52. The molecule has 0 fully saturated rings. The van der Waals surface area contributed by atoms with Gasteiger partial charge < -0.3 is 16.2 Å². The first-order valence-corrected chi connectivity index (χ1v) is 9.38. The van der Waals surface area contributed by atoms with Crippen molar-refractivity contribution in [2.45, 2.75) is 23.6 Å². The van der Waals surface area contributed by atoms with Gasteiger partial charge in [0.15, 0.2) is 0 Å². The van der Waals surface area contributed by atoms with Gasteiger partial charge >= 0.3 is 6.18 Å². The van der Waals surface area contributed by atoms with E-state index in [0.29, 0.717) is 5.69 Å². The van der Waals surface area contributed by atoms with Gasteiger partial charge in [-0.15, -0.1) is 0 Å². The van der Waals surface area contributed by atoms with Crippen molar-refractivity contribution in [1.29, 1.82) is 0 Å². The van der Waals surface area contributed by atoms with Crippen LogP contribution in [0.3, 0.4) is 0 Å². The van der Waals surface area contributed by atoms with Gasteiger partial charge in [-0.1, -0.05) is 11.6 Å². The molecule has 0 bridgehead atoms. The molecule has 2 aromatic rings. The Morgan fingerprint density at radius 3 is 2.21 bits per heavy atom. The van der Waals surface area contributed by atoms with Gasteiger partial charge in [0.25, 0.3) is 15.9 Å². The van der Waals surface area contributed by atoms with E-state index in [2.05, 4.69) is 4.72 Å². The predicted octanol–water partition coefficient (Wildman–Crippen LogP) is 2.97. The van der Waals surface area contributed by atoms with Crippen molar-refractivity contribution in [3.8, 4) is 0 Å². The fourth-order valence-electron chi connectivity index (χ4n) is 1.90. The molecule has 0 saturated heterocycles. The fraction of sp³-hybridized carbons (Fsp3) is 0.188. The van der Waals surface area contributed by atoms with Gasteiger partial charge in [0, 0.05) is 11.4 Å². The number of anilines is 3. The second-order valence-electron chi connectivity index (χ2n) is 5.89. The summed E-state index contributed by atoms with van der Waals surface area (Å²) >= 11 is 5.88. The molecule has 0 heterocycles. The number of nitrogens with two attached hydrogens (primary N) is 1. The van der Waals surface area contributed by atoms with E-state index in [9.17, 15) is 31.5 Å². The summed E-state index contributed by atoms with van der Waals surface area (Å²) in [5.41, 5.74) is 2.22. The van der Waals surface area contributed by atoms with Crippen LogP contribution in [0.4, 0.5) is 30.2 Å². The Bertz CT molecular complexity index is 993. The van der Waals surface area contributed by atoms with E-state index < -0.39 is 27.7 Å². The summed E-state index contributed by atoms with van der Waals surface area (Å²) in [6.45, 7) is 0.283. The van der Waals surface area contributed by atoms with Gasteiger partial charge in [-0.2, -0.15) is 13.2 Å². The summed E-state index contributed by atoms with van der Waals surface area (Å²) in [6, 6.07) is 8.81. The first-order chi connectivity index (χ1) is 12.7. The normalized spacial score (nSPS) is 14.2. The SMILES string of the molecule is CC(O)(C(=O)Nc1ccc(S(=O)(=O)Nc2ccc(N)cc2)cc1Cl)C(F)(F)F. The molecule has 5 N–H and O–H groups in total. The number of aliphatic hydroxyl groups is 1. The lowest BCUT2D eigenvalue weighted by atomic mass is 10.1. The Hall–Kier alpha value is -2.50. The van der Waals surface area contributed by atoms with Crippen molar-refractivity contribution in [3.63, 3.8) is 0 Å². The minimum absolute atomic E-state index is 0.226. The average molecular weight is 438 g/mol. The highest BCUT2D eigenvalue weighted by Gasteiger charge is 2.55. The number of rotatable bonds is 5. The summed E-state index contributed by atoms with van der Waals surface area (Å²) < 4.78 is 65.1. The molecule has 1 unspecified atom stereocenters. The maximum Gasteiger partial charge on any atom is 0.426 e. The molecule has 0 spiro atoms. The van der Waals surface area contributed by atoms with Crippen LogP contribution in [0.1, 0.15) is 6.92 Å². The zero-order chi connectivity index (χ0) is 21.3. The maximum atomic E-state index is 12.7. The highest BCUT2D eigenvalue weighted by Crippen LogP contribution is 2.33. The van der Waals surface area contributed by atoms with Gasteiger partial charge in [-0.05, 0) is 49.4 Å². The fourth-order valence-corrected chi connectivity index (χ4v) is 3.28. The minimum atomic E-state index is -5.21. The molecule has 152 valence electrons. The molecule has 28 heavy (non-hydrogen) atoms. The number of carbonyl (C=O) groups is 1. The van der Waals surface area contributed by atoms with Crippen LogP contribution in [0.2, 0.25) is 5.02 Å². The van der Waals surface area contributed by atoms with Crippen LogP contribution in [-0.2, 0) is 14.8 Å². The van der Waals surface area contributed by atoms with E-state index in [1.54, 1.807) is 0 Å². The monoisotopic (exact) mass is 437 g/mol. The third kappa shape index (κ3) is 4.66. The Labute approximate surface area is 163 Å². The van der Waals surface area contributed by atoms with Crippen LogP contribution in [0.15, 0.2) is 47.4 Å². The van der Waals surface area contributed by atoms with Crippen molar-refractivity contribution in [1.82, 2.24) is 0 Å². The number of sulfonamides is 1.